The molecule has 0 radical (unpaired) electrons. The minimum atomic E-state index is -0.294. The van der Waals surface area contributed by atoms with Crippen LogP contribution in [0.3, 0.4) is 0 Å². The van der Waals surface area contributed by atoms with Crippen LogP contribution in [0.15, 0.2) is 0 Å². The molecular formula is C16H31ClN2O. The van der Waals surface area contributed by atoms with Crippen molar-refractivity contribution in [3.05, 3.63) is 0 Å². The van der Waals surface area contributed by atoms with E-state index in [2.05, 4.69) is 25.7 Å². The molecule has 3 nitrogen and oxygen atoms in total. The van der Waals surface area contributed by atoms with Gasteiger partial charge in [0, 0.05) is 18.6 Å². The predicted octanol–water partition coefficient (Wildman–Crippen LogP) is 3.35. The second-order valence-electron chi connectivity index (χ2n) is 7.65. The normalized spacial score (nSPS) is 34.0. The number of amides is 1. The van der Waals surface area contributed by atoms with Crippen LogP contribution in [0.25, 0.3) is 0 Å². The van der Waals surface area contributed by atoms with Crippen molar-refractivity contribution in [1.82, 2.24) is 4.90 Å². The SMILES string of the molecule is CC1(C)CCCN(C(=O)C2CCCCC2(C)N)CC1.Cl. The number of carbonyl (C=O) groups is 1. The molecule has 1 aliphatic heterocycles. The first kappa shape index (κ1) is 17.8. The van der Waals surface area contributed by atoms with Crippen molar-refractivity contribution in [2.75, 3.05) is 13.1 Å². The standard InChI is InChI=1S/C16H30N2O.ClH/c1-15(2)8-6-11-18(12-10-15)14(19)13-7-4-5-9-16(13,3)17;/h13H,4-12,17H2,1-3H3;1H. The van der Waals surface area contributed by atoms with Crippen LogP contribution in [0, 0.1) is 11.3 Å². The molecular weight excluding hydrogens is 272 g/mol. The van der Waals surface area contributed by atoms with E-state index in [0.717, 1.165) is 45.2 Å². The number of nitrogens with zero attached hydrogens (tertiary/aromatic N) is 1. The molecule has 2 unspecified atom stereocenters. The fraction of sp³-hybridized carbons (Fsp3) is 0.938. The minimum Gasteiger partial charge on any atom is -0.342 e. The zero-order chi connectivity index (χ0) is 14.1. The van der Waals surface area contributed by atoms with E-state index in [1.807, 2.05) is 0 Å². The van der Waals surface area contributed by atoms with Crippen LogP contribution < -0.4 is 5.73 Å². The molecule has 0 aromatic rings. The highest BCUT2D eigenvalue weighted by Gasteiger charge is 2.40. The highest BCUT2D eigenvalue weighted by atomic mass is 35.5. The van der Waals surface area contributed by atoms with Crippen LogP contribution in [-0.4, -0.2) is 29.4 Å². The van der Waals surface area contributed by atoms with Crippen molar-refractivity contribution in [1.29, 1.82) is 0 Å². The minimum absolute atomic E-state index is 0. The van der Waals surface area contributed by atoms with Crippen LogP contribution in [0.4, 0.5) is 0 Å². The van der Waals surface area contributed by atoms with E-state index in [-0.39, 0.29) is 23.9 Å². The highest BCUT2D eigenvalue weighted by molar-refractivity contribution is 5.85. The third kappa shape index (κ3) is 4.11. The topological polar surface area (TPSA) is 46.3 Å². The first-order valence-corrected chi connectivity index (χ1v) is 7.90. The Balaban J connectivity index is 0.00000200. The molecule has 118 valence electrons. The van der Waals surface area contributed by atoms with E-state index in [1.165, 1.54) is 12.8 Å². The molecule has 0 aromatic carbocycles. The third-order valence-electron chi connectivity index (χ3n) is 5.20. The van der Waals surface area contributed by atoms with Crippen molar-refractivity contribution in [2.45, 2.75) is 71.3 Å². The zero-order valence-electron chi connectivity index (χ0n) is 13.3. The summed E-state index contributed by atoms with van der Waals surface area (Å²) in [6, 6.07) is 0. The van der Waals surface area contributed by atoms with Gasteiger partial charge in [-0.3, -0.25) is 4.79 Å². The summed E-state index contributed by atoms with van der Waals surface area (Å²) in [6.07, 6.45) is 7.77. The molecule has 1 aliphatic carbocycles. The van der Waals surface area contributed by atoms with Crippen LogP contribution in [0.1, 0.15) is 65.7 Å². The van der Waals surface area contributed by atoms with Gasteiger partial charge in [-0.05, 0) is 44.4 Å². The van der Waals surface area contributed by atoms with Crippen molar-refractivity contribution < 1.29 is 4.79 Å². The number of nitrogens with two attached hydrogens (primary N) is 1. The van der Waals surface area contributed by atoms with Gasteiger partial charge in [0.1, 0.15) is 0 Å². The summed E-state index contributed by atoms with van der Waals surface area (Å²) in [5.74, 6) is 0.366. The van der Waals surface area contributed by atoms with E-state index >= 15 is 0 Å². The first-order valence-electron chi connectivity index (χ1n) is 7.90. The molecule has 0 aromatic heterocycles. The van der Waals surface area contributed by atoms with E-state index < -0.39 is 0 Å². The average Bonchev–Trinajstić information content (AvgIpc) is 2.49. The molecule has 2 atom stereocenters. The average molecular weight is 303 g/mol. The first-order chi connectivity index (χ1) is 8.82. The molecule has 1 saturated heterocycles. The summed E-state index contributed by atoms with van der Waals surface area (Å²) >= 11 is 0. The van der Waals surface area contributed by atoms with Gasteiger partial charge in [0.2, 0.25) is 5.91 Å². The van der Waals surface area contributed by atoms with Crippen LogP contribution >= 0.6 is 12.4 Å². The summed E-state index contributed by atoms with van der Waals surface area (Å²) in [5.41, 5.74) is 6.46. The fourth-order valence-corrected chi connectivity index (χ4v) is 3.63. The lowest BCUT2D eigenvalue weighted by molar-refractivity contribution is -0.138. The molecule has 0 spiro atoms. The number of carbonyl (C=O) groups excluding carboxylic acids is 1. The Hall–Kier alpha value is -0.280. The Kier molecular flexibility index (Phi) is 5.91. The summed E-state index contributed by atoms with van der Waals surface area (Å²) in [7, 11) is 0. The summed E-state index contributed by atoms with van der Waals surface area (Å²) in [6.45, 7) is 8.53. The van der Waals surface area contributed by atoms with Gasteiger partial charge < -0.3 is 10.6 Å². The van der Waals surface area contributed by atoms with Crippen molar-refractivity contribution in [3.63, 3.8) is 0 Å². The molecule has 4 heteroatoms. The molecule has 1 amide bonds. The lowest BCUT2D eigenvalue weighted by Gasteiger charge is -2.40. The van der Waals surface area contributed by atoms with E-state index in [1.54, 1.807) is 0 Å². The molecule has 1 saturated carbocycles. The Labute approximate surface area is 130 Å². The van der Waals surface area contributed by atoms with Gasteiger partial charge in [-0.25, -0.2) is 0 Å². The number of likely N-dealkylation sites (tertiary alicyclic amines) is 1. The number of hydrogen-bond donors (Lipinski definition) is 1. The molecule has 2 fully saturated rings. The van der Waals surface area contributed by atoms with Gasteiger partial charge in [0.15, 0.2) is 0 Å². The zero-order valence-corrected chi connectivity index (χ0v) is 14.1. The maximum absolute atomic E-state index is 12.8. The van der Waals surface area contributed by atoms with E-state index in [4.69, 9.17) is 5.73 Å². The van der Waals surface area contributed by atoms with Crippen LogP contribution in [0.2, 0.25) is 0 Å². The van der Waals surface area contributed by atoms with Crippen molar-refractivity contribution >= 4 is 18.3 Å². The third-order valence-corrected chi connectivity index (χ3v) is 5.20. The van der Waals surface area contributed by atoms with Crippen LogP contribution in [0.5, 0.6) is 0 Å². The maximum Gasteiger partial charge on any atom is 0.227 e. The maximum atomic E-state index is 12.8. The lowest BCUT2D eigenvalue weighted by Crippen LogP contribution is -2.53. The van der Waals surface area contributed by atoms with E-state index in [9.17, 15) is 4.79 Å². The summed E-state index contributed by atoms with van der Waals surface area (Å²) in [4.78, 5) is 14.9. The summed E-state index contributed by atoms with van der Waals surface area (Å²) in [5, 5.41) is 0. The number of rotatable bonds is 1. The largest absolute Gasteiger partial charge is 0.342 e. The number of hydrogen-bond acceptors (Lipinski definition) is 2. The second-order valence-corrected chi connectivity index (χ2v) is 7.65. The molecule has 2 aliphatic rings. The van der Waals surface area contributed by atoms with Gasteiger partial charge in [-0.1, -0.05) is 26.7 Å². The second kappa shape index (κ2) is 6.65. The Morgan fingerprint density at radius 3 is 2.40 bits per heavy atom. The Morgan fingerprint density at radius 1 is 1.05 bits per heavy atom. The van der Waals surface area contributed by atoms with Gasteiger partial charge in [0.05, 0.1) is 5.92 Å². The Morgan fingerprint density at radius 2 is 1.75 bits per heavy atom. The fourth-order valence-electron chi connectivity index (χ4n) is 3.63. The monoisotopic (exact) mass is 302 g/mol. The molecule has 0 bridgehead atoms. The van der Waals surface area contributed by atoms with Crippen LogP contribution in [-0.2, 0) is 4.79 Å². The van der Waals surface area contributed by atoms with Gasteiger partial charge in [-0.15, -0.1) is 12.4 Å². The molecule has 20 heavy (non-hydrogen) atoms. The number of halogens is 1. The molecule has 1 heterocycles. The summed E-state index contributed by atoms with van der Waals surface area (Å²) < 4.78 is 0. The van der Waals surface area contributed by atoms with Crippen molar-refractivity contribution in [3.8, 4) is 0 Å². The molecule has 2 N–H and O–H groups in total. The Bertz CT molecular complexity index is 341. The quantitative estimate of drug-likeness (QED) is 0.807. The lowest BCUT2D eigenvalue weighted by atomic mass is 9.74. The van der Waals surface area contributed by atoms with Gasteiger partial charge in [0.25, 0.3) is 0 Å². The molecule has 2 rings (SSSR count). The van der Waals surface area contributed by atoms with Gasteiger partial charge in [-0.2, -0.15) is 0 Å². The smallest absolute Gasteiger partial charge is 0.227 e. The van der Waals surface area contributed by atoms with Gasteiger partial charge >= 0.3 is 0 Å². The van der Waals surface area contributed by atoms with Crippen molar-refractivity contribution in [2.24, 2.45) is 17.1 Å². The predicted molar refractivity (Wildman–Crippen MR) is 86.0 cm³/mol. The van der Waals surface area contributed by atoms with E-state index in [0.29, 0.717) is 11.3 Å². The highest BCUT2D eigenvalue weighted by Crippen LogP contribution is 2.35.